The smallest absolute Gasteiger partial charge is 0.335 e. The fourth-order valence-corrected chi connectivity index (χ4v) is 2.74. The van der Waals surface area contributed by atoms with Gasteiger partial charge in [0.15, 0.2) is 15.5 Å². The molecule has 0 fully saturated rings. The first-order valence-electron chi connectivity index (χ1n) is 7.10. The molecule has 0 aliphatic heterocycles. The molecule has 2 aromatic rings. The predicted molar refractivity (Wildman–Crippen MR) is 111 cm³/mol. The number of hydrogen-bond acceptors (Lipinski definition) is 4. The number of rotatable bonds is 5. The van der Waals surface area contributed by atoms with Crippen LogP contribution in [0.1, 0.15) is 20.9 Å². The molecule has 0 saturated carbocycles. The molecule has 1 amide bonds. The minimum absolute atomic E-state index is 0.00374. The van der Waals surface area contributed by atoms with Crippen molar-refractivity contribution < 1.29 is 19.1 Å². The minimum Gasteiger partial charge on any atom is -0.478 e. The van der Waals surface area contributed by atoms with Crippen LogP contribution in [0.25, 0.3) is 0 Å². The van der Waals surface area contributed by atoms with Crippen LogP contribution in [0, 0.1) is 0 Å². The van der Waals surface area contributed by atoms with Gasteiger partial charge in [0, 0.05) is 5.69 Å². The van der Waals surface area contributed by atoms with E-state index in [4.69, 9.17) is 56.5 Å². The Morgan fingerprint density at radius 3 is 2.44 bits per heavy atom. The molecular formula is C15H11BrCl3N3O4S. The number of carbonyl (C=O) groups is 2. The van der Waals surface area contributed by atoms with Crippen LogP contribution in [0.3, 0.4) is 0 Å². The number of halogens is 4. The largest absolute Gasteiger partial charge is 0.478 e. The summed E-state index contributed by atoms with van der Waals surface area (Å²) in [4.78, 5) is 23.2. The Balaban J connectivity index is 2.07. The van der Waals surface area contributed by atoms with Gasteiger partial charge in [0.05, 0.1) is 5.56 Å². The number of anilines is 1. The van der Waals surface area contributed by atoms with Gasteiger partial charge in [-0.15, -0.1) is 0 Å². The van der Waals surface area contributed by atoms with Crippen molar-refractivity contribution in [3.8, 4) is 0 Å². The number of carboxylic acid groups (broad SMARTS) is 1. The number of carbonyl (C=O) groups excluding carboxylic acids is 1. The number of amides is 1. The van der Waals surface area contributed by atoms with E-state index in [1.807, 2.05) is 0 Å². The molecule has 0 saturated heterocycles. The molecule has 1 atom stereocenters. The van der Waals surface area contributed by atoms with Gasteiger partial charge in [-0.3, -0.25) is 4.79 Å². The monoisotopic (exact) mass is 513 g/mol. The van der Waals surface area contributed by atoms with Gasteiger partial charge in [0.1, 0.15) is 6.17 Å². The van der Waals surface area contributed by atoms with Gasteiger partial charge in [0.2, 0.25) is 3.79 Å². The quantitative estimate of drug-likeness (QED) is 0.269. The number of hydrogen-bond donors (Lipinski definition) is 4. The Morgan fingerprint density at radius 2 is 1.89 bits per heavy atom. The standard InChI is InChI=1S/C15H11BrCl3N3O4S/c16-10-5-4-9(26-10)11(23)21-13(15(17,18)19)22-14(27)20-8-3-1-2-7(6-8)12(24)25/h1-6,13H,(H,21,23)(H,24,25)(H2,20,22,27). The topological polar surface area (TPSA) is 104 Å². The molecule has 0 spiro atoms. The van der Waals surface area contributed by atoms with Crippen LogP contribution in [0.4, 0.5) is 5.69 Å². The Labute approximate surface area is 182 Å². The van der Waals surface area contributed by atoms with E-state index in [-0.39, 0.29) is 16.4 Å². The number of alkyl halides is 3. The fourth-order valence-electron chi connectivity index (χ4n) is 1.87. The zero-order valence-electron chi connectivity index (χ0n) is 13.1. The molecule has 2 rings (SSSR count). The highest BCUT2D eigenvalue weighted by molar-refractivity contribution is 9.10. The van der Waals surface area contributed by atoms with E-state index in [2.05, 4.69) is 31.9 Å². The normalized spacial score (nSPS) is 12.1. The van der Waals surface area contributed by atoms with E-state index in [1.54, 1.807) is 6.07 Å². The molecule has 1 unspecified atom stereocenters. The first kappa shape index (κ1) is 21.8. The highest BCUT2D eigenvalue weighted by Crippen LogP contribution is 2.29. The maximum Gasteiger partial charge on any atom is 0.335 e. The van der Waals surface area contributed by atoms with E-state index >= 15 is 0 Å². The lowest BCUT2D eigenvalue weighted by atomic mass is 10.2. The van der Waals surface area contributed by atoms with Crippen molar-refractivity contribution in [1.82, 2.24) is 10.6 Å². The number of benzene rings is 1. The number of nitrogens with one attached hydrogen (secondary N) is 3. The summed E-state index contributed by atoms with van der Waals surface area (Å²) in [5.74, 6) is -1.73. The number of thiocarbonyl (C=S) groups is 1. The Hall–Kier alpha value is -1.52. The second-order valence-electron chi connectivity index (χ2n) is 5.04. The molecule has 0 radical (unpaired) electrons. The lowest BCUT2D eigenvalue weighted by Crippen LogP contribution is -2.56. The van der Waals surface area contributed by atoms with Gasteiger partial charge >= 0.3 is 5.97 Å². The molecule has 12 heteroatoms. The molecule has 0 aliphatic carbocycles. The van der Waals surface area contributed by atoms with E-state index < -0.39 is 21.8 Å². The van der Waals surface area contributed by atoms with Crippen LogP contribution in [-0.4, -0.2) is 32.1 Å². The lowest BCUT2D eigenvalue weighted by Gasteiger charge is -2.27. The maximum atomic E-state index is 12.2. The molecule has 1 aromatic carbocycles. The van der Waals surface area contributed by atoms with Gasteiger partial charge in [0.25, 0.3) is 5.91 Å². The molecule has 144 valence electrons. The lowest BCUT2D eigenvalue weighted by molar-refractivity contribution is 0.0696. The second kappa shape index (κ2) is 9.11. The zero-order valence-corrected chi connectivity index (χ0v) is 17.8. The van der Waals surface area contributed by atoms with Crippen molar-refractivity contribution in [1.29, 1.82) is 0 Å². The van der Waals surface area contributed by atoms with Crippen molar-refractivity contribution in [2.45, 2.75) is 9.96 Å². The summed E-state index contributed by atoms with van der Waals surface area (Å²) in [6.45, 7) is 0. The summed E-state index contributed by atoms with van der Waals surface area (Å²) in [6.07, 6.45) is -1.21. The van der Waals surface area contributed by atoms with Gasteiger partial charge in [-0.05, 0) is 58.5 Å². The zero-order chi connectivity index (χ0) is 20.2. The molecular weight excluding hydrogens is 505 g/mol. The van der Waals surface area contributed by atoms with Crippen molar-refractivity contribution in [2.24, 2.45) is 0 Å². The summed E-state index contributed by atoms with van der Waals surface area (Å²) in [5, 5.41) is 16.9. The second-order valence-corrected chi connectivity index (χ2v) is 8.60. The van der Waals surface area contributed by atoms with Gasteiger partial charge in [-0.25, -0.2) is 4.79 Å². The summed E-state index contributed by atoms with van der Waals surface area (Å²) in [5.41, 5.74) is 0.467. The van der Waals surface area contributed by atoms with Crippen molar-refractivity contribution in [3.05, 3.63) is 52.4 Å². The molecule has 4 N–H and O–H groups in total. The van der Waals surface area contributed by atoms with E-state index in [1.165, 1.54) is 30.3 Å². The Bertz CT molecular complexity index is 872. The molecule has 0 aliphatic rings. The van der Waals surface area contributed by atoms with Crippen molar-refractivity contribution in [2.75, 3.05) is 5.32 Å². The van der Waals surface area contributed by atoms with Crippen molar-refractivity contribution >= 4 is 85.6 Å². The van der Waals surface area contributed by atoms with Crippen LogP contribution >= 0.6 is 63.0 Å². The van der Waals surface area contributed by atoms with Crippen LogP contribution in [0.5, 0.6) is 0 Å². The maximum absolute atomic E-state index is 12.2. The Morgan fingerprint density at radius 1 is 1.19 bits per heavy atom. The molecule has 1 aromatic heterocycles. The highest BCUT2D eigenvalue weighted by Gasteiger charge is 2.35. The van der Waals surface area contributed by atoms with Gasteiger partial charge in [-0.2, -0.15) is 0 Å². The third-order valence-electron chi connectivity index (χ3n) is 3.04. The average Bonchev–Trinajstić information content (AvgIpc) is 3.00. The summed E-state index contributed by atoms with van der Waals surface area (Å²) in [7, 11) is 0. The Kier molecular flexibility index (Phi) is 7.35. The predicted octanol–water partition coefficient (Wildman–Crippen LogP) is 4.15. The van der Waals surface area contributed by atoms with E-state index in [0.717, 1.165) is 0 Å². The molecule has 7 nitrogen and oxygen atoms in total. The molecule has 0 bridgehead atoms. The van der Waals surface area contributed by atoms with Gasteiger partial charge in [-0.1, -0.05) is 40.9 Å². The van der Waals surface area contributed by atoms with Crippen molar-refractivity contribution in [3.63, 3.8) is 0 Å². The highest BCUT2D eigenvalue weighted by atomic mass is 79.9. The number of furan rings is 1. The van der Waals surface area contributed by atoms with E-state index in [9.17, 15) is 9.59 Å². The molecule has 1 heterocycles. The van der Waals surface area contributed by atoms with E-state index in [0.29, 0.717) is 10.4 Å². The van der Waals surface area contributed by atoms with Gasteiger partial charge < -0.3 is 25.5 Å². The van der Waals surface area contributed by atoms with Crippen LogP contribution in [0.2, 0.25) is 0 Å². The average molecular weight is 516 g/mol. The van der Waals surface area contributed by atoms with Crippen LogP contribution < -0.4 is 16.0 Å². The third-order valence-corrected chi connectivity index (χ3v) is 4.34. The fraction of sp³-hybridized carbons (Fsp3) is 0.133. The number of carboxylic acids is 1. The summed E-state index contributed by atoms with van der Waals surface area (Å²) < 4.78 is 3.55. The molecule has 27 heavy (non-hydrogen) atoms. The SMILES string of the molecule is O=C(O)c1cccc(NC(=S)NC(NC(=O)c2ccc(Br)o2)C(Cl)(Cl)Cl)c1. The minimum atomic E-state index is -1.95. The van der Waals surface area contributed by atoms with Crippen LogP contribution in [0.15, 0.2) is 45.5 Å². The van der Waals surface area contributed by atoms with Crippen LogP contribution in [-0.2, 0) is 0 Å². The first-order chi connectivity index (χ1) is 12.6. The summed E-state index contributed by atoms with van der Waals surface area (Å²) in [6, 6.07) is 8.91. The first-order valence-corrected chi connectivity index (χ1v) is 9.43. The number of aromatic carboxylic acids is 1. The third kappa shape index (κ3) is 6.54. The summed E-state index contributed by atoms with van der Waals surface area (Å²) >= 11 is 25.9.